The molecule has 2 aliphatic rings. The van der Waals surface area contributed by atoms with E-state index in [1.165, 1.54) is 11.0 Å². The van der Waals surface area contributed by atoms with E-state index in [2.05, 4.69) is 25.5 Å². The summed E-state index contributed by atoms with van der Waals surface area (Å²) in [6.07, 6.45) is -2.32. The van der Waals surface area contributed by atoms with Gasteiger partial charge in [0, 0.05) is 19.3 Å². The number of aromatic nitrogens is 4. The molecule has 13 heteroatoms. The largest absolute Gasteiger partial charge is 0.408 e. The van der Waals surface area contributed by atoms with E-state index < -0.39 is 24.2 Å². The fraction of sp³-hybridized carbons (Fsp3) is 0.350. The third-order valence-corrected chi connectivity index (χ3v) is 5.80. The van der Waals surface area contributed by atoms with Gasteiger partial charge in [0.15, 0.2) is 11.5 Å². The number of urea groups is 1. The molecule has 3 aromatic heterocycles. The Bertz CT molecular complexity index is 1240. The molecule has 0 aromatic carbocycles. The second-order valence-corrected chi connectivity index (χ2v) is 7.94. The first-order valence-electron chi connectivity index (χ1n) is 10.3. The Balaban J connectivity index is 1.45. The molecule has 33 heavy (non-hydrogen) atoms. The molecule has 2 atom stereocenters. The second kappa shape index (κ2) is 7.60. The van der Waals surface area contributed by atoms with Crippen molar-refractivity contribution in [2.75, 3.05) is 28.2 Å². The van der Waals surface area contributed by atoms with E-state index in [9.17, 15) is 22.8 Å². The minimum atomic E-state index is -4.58. The quantitative estimate of drug-likeness (QED) is 0.553. The number of carbonyl (C=O) groups is 2. The van der Waals surface area contributed by atoms with Gasteiger partial charge in [0.1, 0.15) is 17.6 Å². The maximum Gasteiger partial charge on any atom is 0.408 e. The average Bonchev–Trinajstić information content (AvgIpc) is 3.38. The summed E-state index contributed by atoms with van der Waals surface area (Å²) in [6.45, 7) is 2.13. The fourth-order valence-corrected chi connectivity index (χ4v) is 4.06. The van der Waals surface area contributed by atoms with Gasteiger partial charge >= 0.3 is 12.2 Å². The highest BCUT2D eigenvalue weighted by Crippen LogP contribution is 2.39. The number of anilines is 3. The number of pyridine rings is 2. The van der Waals surface area contributed by atoms with Crippen LogP contribution < -0.4 is 20.4 Å². The summed E-state index contributed by atoms with van der Waals surface area (Å²) >= 11 is 0. The lowest BCUT2D eigenvalue weighted by molar-refractivity contribution is -0.149. The summed E-state index contributed by atoms with van der Waals surface area (Å²) in [5, 5.41) is 12.1. The molecule has 5 rings (SSSR count). The number of alkyl halides is 3. The van der Waals surface area contributed by atoms with Crippen molar-refractivity contribution < 1.29 is 22.8 Å². The third kappa shape index (κ3) is 3.68. The zero-order valence-electron chi connectivity index (χ0n) is 17.3. The summed E-state index contributed by atoms with van der Waals surface area (Å²) in [7, 11) is 0. The lowest BCUT2D eigenvalue weighted by atomic mass is 10.1. The number of hydrogen-bond acceptors (Lipinski definition) is 6. The van der Waals surface area contributed by atoms with Crippen molar-refractivity contribution >= 4 is 40.3 Å². The van der Waals surface area contributed by atoms with Gasteiger partial charge < -0.3 is 10.2 Å². The molecule has 0 saturated carbocycles. The summed E-state index contributed by atoms with van der Waals surface area (Å²) in [6, 6.07) is 3.70. The highest BCUT2D eigenvalue weighted by molar-refractivity contribution is 6.07. The van der Waals surface area contributed by atoms with Crippen LogP contribution in [0.2, 0.25) is 0 Å². The van der Waals surface area contributed by atoms with Crippen LogP contribution in [-0.2, 0) is 0 Å². The van der Waals surface area contributed by atoms with E-state index in [-0.39, 0.29) is 17.6 Å². The predicted octanol–water partition coefficient (Wildman–Crippen LogP) is 2.66. The van der Waals surface area contributed by atoms with E-state index >= 15 is 0 Å². The Kier molecular flexibility index (Phi) is 4.83. The molecular weight excluding hydrogens is 441 g/mol. The first-order chi connectivity index (χ1) is 15.7. The molecule has 172 valence electrons. The Morgan fingerprint density at radius 2 is 2.09 bits per heavy atom. The molecule has 5 heterocycles. The number of carbonyl (C=O) groups excluding carboxylic acids is 2. The highest BCUT2D eigenvalue weighted by Gasteiger charge is 2.41. The highest BCUT2D eigenvalue weighted by atomic mass is 19.4. The zero-order valence-corrected chi connectivity index (χ0v) is 17.3. The van der Waals surface area contributed by atoms with Gasteiger partial charge in [-0.15, -0.1) is 0 Å². The molecule has 1 saturated heterocycles. The maximum atomic E-state index is 13.3. The lowest BCUT2D eigenvalue weighted by Crippen LogP contribution is -2.49. The van der Waals surface area contributed by atoms with Crippen LogP contribution in [0, 0.1) is 0 Å². The van der Waals surface area contributed by atoms with Crippen molar-refractivity contribution in [1.29, 1.82) is 0 Å². The van der Waals surface area contributed by atoms with Crippen LogP contribution in [0.1, 0.15) is 23.8 Å². The summed E-state index contributed by atoms with van der Waals surface area (Å²) < 4.78 is 38.6. The minimum Gasteiger partial charge on any atom is -0.366 e. The average molecular weight is 460 g/mol. The molecule has 1 unspecified atom stereocenters. The Morgan fingerprint density at radius 3 is 2.88 bits per heavy atom. The fourth-order valence-electron chi connectivity index (χ4n) is 4.06. The van der Waals surface area contributed by atoms with Crippen LogP contribution in [0.5, 0.6) is 0 Å². The SMILES string of the molecule is C[C@@H](NC(=O)c1ccc2c(n1)N(C(=O)Nc1[nH]nc3ncccc13)C1CCN2C1)C(F)(F)F. The zero-order chi connectivity index (χ0) is 23.3. The molecule has 3 aromatic rings. The molecule has 2 aliphatic heterocycles. The monoisotopic (exact) mass is 460 g/mol. The number of fused-ring (bicyclic) bond motifs is 5. The standard InChI is InChI=1S/C20H19F3N8O2/c1-10(20(21,22)23)25-18(32)13-4-5-14-17(26-13)31(11-6-8-30(14)9-11)19(33)27-16-12-3-2-7-24-15(12)28-29-16/h2-5,7,10-11H,6,8-9H2,1H3,(H,25,32)(H2,24,27,28,29,33)/t10-,11?/m1/s1. The van der Waals surface area contributed by atoms with Gasteiger partial charge in [-0.3, -0.25) is 20.1 Å². The van der Waals surface area contributed by atoms with Crippen LogP contribution >= 0.6 is 0 Å². The van der Waals surface area contributed by atoms with Crippen LogP contribution in [-0.4, -0.2) is 63.5 Å². The van der Waals surface area contributed by atoms with Gasteiger partial charge in [0.05, 0.1) is 17.1 Å². The van der Waals surface area contributed by atoms with Gasteiger partial charge in [-0.25, -0.2) is 14.8 Å². The molecule has 1 fully saturated rings. The van der Waals surface area contributed by atoms with Crippen LogP contribution in [0.25, 0.3) is 11.0 Å². The molecule has 0 aliphatic carbocycles. The molecular formula is C20H19F3N8O2. The van der Waals surface area contributed by atoms with E-state index in [4.69, 9.17) is 0 Å². The smallest absolute Gasteiger partial charge is 0.366 e. The van der Waals surface area contributed by atoms with Crippen LogP contribution in [0.3, 0.4) is 0 Å². The topological polar surface area (TPSA) is 119 Å². The Morgan fingerprint density at radius 1 is 1.27 bits per heavy atom. The first kappa shape index (κ1) is 21.0. The van der Waals surface area contributed by atoms with Crippen molar-refractivity contribution in [3.63, 3.8) is 0 Å². The molecule has 0 spiro atoms. The summed E-state index contributed by atoms with van der Waals surface area (Å²) in [4.78, 5) is 37.6. The number of rotatable bonds is 3. The van der Waals surface area contributed by atoms with Crippen molar-refractivity contribution in [2.24, 2.45) is 0 Å². The molecule has 3 N–H and O–H groups in total. The van der Waals surface area contributed by atoms with Gasteiger partial charge in [-0.2, -0.15) is 18.3 Å². The summed E-state index contributed by atoms with van der Waals surface area (Å²) in [5.41, 5.74) is 0.867. The number of nitrogens with one attached hydrogen (secondary N) is 3. The van der Waals surface area contributed by atoms with Gasteiger partial charge in [0.25, 0.3) is 5.91 Å². The number of H-pyrrole nitrogens is 1. The number of halogens is 3. The van der Waals surface area contributed by atoms with Crippen LogP contribution in [0.15, 0.2) is 30.5 Å². The van der Waals surface area contributed by atoms with Crippen molar-refractivity contribution in [3.8, 4) is 0 Å². The molecule has 10 nitrogen and oxygen atoms in total. The lowest BCUT2D eigenvalue weighted by Gasteiger charge is -2.35. The second-order valence-electron chi connectivity index (χ2n) is 7.94. The minimum absolute atomic E-state index is 0.204. The number of amides is 3. The molecule has 3 amide bonds. The van der Waals surface area contributed by atoms with E-state index in [1.54, 1.807) is 24.4 Å². The number of hydrogen-bond donors (Lipinski definition) is 3. The van der Waals surface area contributed by atoms with Gasteiger partial charge in [0.2, 0.25) is 0 Å². The number of aromatic amines is 1. The normalized spacial score (nSPS) is 18.2. The van der Waals surface area contributed by atoms with E-state index in [0.29, 0.717) is 42.0 Å². The van der Waals surface area contributed by atoms with Crippen molar-refractivity contribution in [1.82, 2.24) is 25.5 Å². The van der Waals surface area contributed by atoms with Crippen molar-refractivity contribution in [2.45, 2.75) is 31.6 Å². The third-order valence-electron chi connectivity index (χ3n) is 5.80. The Labute approximate surface area is 185 Å². The van der Waals surface area contributed by atoms with Gasteiger partial charge in [-0.1, -0.05) is 0 Å². The molecule has 0 radical (unpaired) electrons. The van der Waals surface area contributed by atoms with Gasteiger partial charge in [-0.05, 0) is 37.6 Å². The Hall–Kier alpha value is -3.90. The molecule has 2 bridgehead atoms. The maximum absolute atomic E-state index is 13.3. The first-order valence-corrected chi connectivity index (χ1v) is 10.3. The number of nitrogens with zero attached hydrogens (tertiary/aromatic N) is 5. The predicted molar refractivity (Wildman–Crippen MR) is 113 cm³/mol. The summed E-state index contributed by atoms with van der Waals surface area (Å²) in [5.74, 6) is -0.393. The van der Waals surface area contributed by atoms with E-state index in [0.717, 1.165) is 6.92 Å². The van der Waals surface area contributed by atoms with Crippen LogP contribution in [0.4, 0.5) is 35.3 Å². The van der Waals surface area contributed by atoms with Crippen molar-refractivity contribution in [3.05, 3.63) is 36.2 Å². The van der Waals surface area contributed by atoms with E-state index in [1.807, 2.05) is 10.2 Å².